The van der Waals surface area contributed by atoms with Crippen molar-refractivity contribution in [3.63, 3.8) is 0 Å². The maximum atomic E-state index is 9.74. The lowest BCUT2D eigenvalue weighted by Gasteiger charge is -1.72. The Balaban J connectivity index is 4.13. The van der Waals surface area contributed by atoms with Gasteiger partial charge in [-0.05, 0) is 0 Å². The predicted molar refractivity (Wildman–Crippen MR) is 25.6 cm³/mol. The Morgan fingerprint density at radius 3 is 2.00 bits per heavy atom. The molecule has 0 rings (SSSR count). The molecule has 7 heavy (non-hydrogen) atoms. The van der Waals surface area contributed by atoms with Crippen LogP contribution in [0.5, 0.6) is 0 Å². The molecule has 0 aromatic heterocycles. The molecule has 0 fully saturated rings. The molecule has 0 aliphatic heterocycles. The van der Waals surface area contributed by atoms with Crippen molar-refractivity contribution in [1.82, 2.24) is 0 Å². The normalized spacial score (nSPS) is 12.9. The minimum Gasteiger partial charge on any atom is -0.186 e. The van der Waals surface area contributed by atoms with Crippen LogP contribution in [0.3, 0.4) is 0 Å². The maximum Gasteiger partial charge on any atom is 0.356 e. The number of halogens is 1. The van der Waals surface area contributed by atoms with E-state index in [1.54, 1.807) is 0 Å². The zero-order valence-corrected chi connectivity index (χ0v) is 5.07. The molecule has 0 aromatic carbocycles. The van der Waals surface area contributed by atoms with E-state index in [2.05, 4.69) is 20.3 Å². The van der Waals surface area contributed by atoms with Gasteiger partial charge in [0.25, 0.3) is 0 Å². The number of hydrogen-bond donors (Lipinski definition) is 0. The van der Waals surface area contributed by atoms with E-state index in [1.807, 2.05) is 0 Å². The Morgan fingerprint density at radius 1 is 1.57 bits per heavy atom. The van der Waals surface area contributed by atoms with E-state index in [-0.39, 0.29) is 0 Å². The van der Waals surface area contributed by atoms with Gasteiger partial charge in [0.15, 0.2) is 0 Å². The molecule has 0 spiro atoms. The van der Waals surface area contributed by atoms with Gasteiger partial charge in [-0.2, -0.15) is 13.5 Å². The van der Waals surface area contributed by atoms with Gasteiger partial charge in [0.2, 0.25) is 0 Å². The summed E-state index contributed by atoms with van der Waals surface area (Å²) in [5.41, 5.74) is 0. The van der Waals surface area contributed by atoms with Crippen molar-refractivity contribution in [2.75, 3.05) is 7.05 Å². The summed E-state index contributed by atoms with van der Waals surface area (Å²) in [4.78, 5) is 0. The van der Waals surface area contributed by atoms with Crippen LogP contribution in [0, 0.1) is 0 Å². The molecule has 0 atom stereocenters. The fourth-order valence-corrected chi connectivity index (χ4v) is 0.478. The molecule has 0 aliphatic rings. The van der Waals surface area contributed by atoms with Crippen molar-refractivity contribution < 1.29 is 8.42 Å². The van der Waals surface area contributed by atoms with E-state index in [1.165, 1.54) is 7.05 Å². The van der Waals surface area contributed by atoms with Crippen molar-refractivity contribution in [3.05, 3.63) is 0 Å². The van der Waals surface area contributed by atoms with E-state index in [9.17, 15) is 8.42 Å². The highest BCUT2D eigenvalue weighted by atomic mass is 35.7. The van der Waals surface area contributed by atoms with Gasteiger partial charge in [0, 0.05) is 10.7 Å². The minimum atomic E-state index is -3.74. The van der Waals surface area contributed by atoms with Gasteiger partial charge in [-0.25, -0.2) is 0 Å². The van der Waals surface area contributed by atoms with E-state index in [0.29, 0.717) is 0 Å². The van der Waals surface area contributed by atoms with Crippen LogP contribution in [-0.4, -0.2) is 15.5 Å². The monoisotopic (exact) mass is 142 g/mol. The molecule has 0 aliphatic carbocycles. The summed E-state index contributed by atoms with van der Waals surface area (Å²) in [6, 6.07) is 0. The Labute approximate surface area is 45.8 Å². The van der Waals surface area contributed by atoms with Crippen molar-refractivity contribution in [2.45, 2.75) is 0 Å². The Morgan fingerprint density at radius 2 is 2.00 bits per heavy atom. The molecule has 6 heteroatoms. The van der Waals surface area contributed by atoms with Crippen LogP contribution in [0.2, 0.25) is 0 Å². The summed E-state index contributed by atoms with van der Waals surface area (Å²) in [5.74, 6) is 0. The molecule has 0 saturated heterocycles. The first kappa shape index (κ1) is 6.84. The van der Waals surface area contributed by atoms with Gasteiger partial charge < -0.3 is 0 Å². The van der Waals surface area contributed by atoms with Gasteiger partial charge in [0.1, 0.15) is 0 Å². The zero-order valence-electron chi connectivity index (χ0n) is 3.50. The lowest BCUT2D eigenvalue weighted by atomic mass is 11.6. The first-order chi connectivity index (χ1) is 3.06. The van der Waals surface area contributed by atoms with E-state index in [0.717, 1.165) is 0 Å². The quantitative estimate of drug-likeness (QED) is 0.397. The number of hydrogen-bond acceptors (Lipinski definition) is 3. The average molecular weight is 143 g/mol. The average Bonchev–Trinajstić information content (AvgIpc) is 1.30. The fraction of sp³-hybridized carbons (Fsp3) is 1.00. The minimum absolute atomic E-state index is 1.22. The molecular formula is CH3ClN2O2S. The summed E-state index contributed by atoms with van der Waals surface area (Å²) in [7, 11) is 2.02. The summed E-state index contributed by atoms with van der Waals surface area (Å²) in [6.45, 7) is 0. The molecule has 0 radical (unpaired) electrons. The highest BCUT2D eigenvalue weighted by molar-refractivity contribution is 8.12. The van der Waals surface area contributed by atoms with Gasteiger partial charge in [-0.15, -0.1) is 0 Å². The summed E-state index contributed by atoms with van der Waals surface area (Å²) in [5, 5.41) is 2.91. The lowest BCUT2D eigenvalue weighted by molar-refractivity contribution is 0.609. The number of nitrogens with zero attached hydrogens (tertiary/aromatic N) is 2. The molecule has 0 unspecified atom stereocenters. The Kier molecular flexibility index (Phi) is 2.17. The van der Waals surface area contributed by atoms with Crippen molar-refractivity contribution in [1.29, 1.82) is 0 Å². The van der Waals surface area contributed by atoms with Crippen LogP contribution in [-0.2, 0) is 9.24 Å². The van der Waals surface area contributed by atoms with Gasteiger partial charge in [-0.1, -0.05) is 4.52 Å². The molecule has 4 nitrogen and oxygen atoms in total. The highest BCUT2D eigenvalue weighted by Gasteiger charge is 1.95. The van der Waals surface area contributed by atoms with Gasteiger partial charge in [0.05, 0.1) is 7.05 Å². The van der Waals surface area contributed by atoms with E-state index in [4.69, 9.17) is 0 Å². The van der Waals surface area contributed by atoms with Gasteiger partial charge >= 0.3 is 9.24 Å². The van der Waals surface area contributed by atoms with E-state index >= 15 is 0 Å². The van der Waals surface area contributed by atoms with Crippen LogP contribution < -0.4 is 0 Å². The maximum absolute atomic E-state index is 9.74. The Hall–Kier alpha value is -0.160. The molecular weight excluding hydrogens is 140 g/mol. The second-order valence-corrected chi connectivity index (χ2v) is 2.85. The predicted octanol–water partition coefficient (Wildman–Crippen LogP) is 0.552. The Bertz CT molecular complexity index is 159. The summed E-state index contributed by atoms with van der Waals surface area (Å²) < 4.78 is 22.1. The largest absolute Gasteiger partial charge is 0.356 e. The first-order valence-corrected chi connectivity index (χ1v) is 3.58. The van der Waals surface area contributed by atoms with Gasteiger partial charge in [-0.3, -0.25) is 0 Å². The topological polar surface area (TPSA) is 58.9 Å². The SMILES string of the molecule is CN=NS(=O)(=O)Cl. The van der Waals surface area contributed by atoms with E-state index < -0.39 is 9.24 Å². The molecule has 0 N–H and O–H groups in total. The zero-order chi connectivity index (χ0) is 5.91. The van der Waals surface area contributed by atoms with Crippen molar-refractivity contribution >= 4 is 19.9 Å². The van der Waals surface area contributed by atoms with Crippen LogP contribution >= 0.6 is 10.7 Å². The third-order valence-electron chi connectivity index (χ3n) is 0.179. The third-order valence-corrected chi connectivity index (χ3v) is 0.723. The second-order valence-electron chi connectivity index (χ2n) is 0.694. The standard InChI is InChI=1S/CH3ClN2O2S/c1-3-4-7(2,5)6/h1H3. The third kappa shape index (κ3) is 5.84. The molecule has 0 aromatic rings. The van der Waals surface area contributed by atoms with Crippen LogP contribution in [0.15, 0.2) is 9.63 Å². The van der Waals surface area contributed by atoms with Crippen molar-refractivity contribution in [2.24, 2.45) is 9.63 Å². The molecule has 0 saturated carbocycles. The lowest BCUT2D eigenvalue weighted by Crippen LogP contribution is -1.76. The highest BCUT2D eigenvalue weighted by Crippen LogP contribution is 1.95. The smallest absolute Gasteiger partial charge is 0.186 e. The summed E-state index contributed by atoms with van der Waals surface area (Å²) >= 11 is 0. The molecule has 42 valence electrons. The second kappa shape index (κ2) is 2.23. The molecule has 0 heterocycles. The number of rotatable bonds is 1. The summed E-state index contributed by atoms with van der Waals surface area (Å²) in [6.07, 6.45) is 0. The molecule has 0 bridgehead atoms. The first-order valence-electron chi connectivity index (χ1n) is 1.32. The molecule has 0 amide bonds. The van der Waals surface area contributed by atoms with Crippen LogP contribution in [0.25, 0.3) is 0 Å². The van der Waals surface area contributed by atoms with Crippen LogP contribution in [0.1, 0.15) is 0 Å². The van der Waals surface area contributed by atoms with Crippen molar-refractivity contribution in [3.8, 4) is 0 Å². The van der Waals surface area contributed by atoms with Crippen LogP contribution in [0.4, 0.5) is 0 Å². The fourth-order valence-electron chi connectivity index (χ4n) is 0.0975.